The van der Waals surface area contributed by atoms with Crippen molar-refractivity contribution in [2.45, 2.75) is 25.3 Å². The van der Waals surface area contributed by atoms with Gasteiger partial charge < -0.3 is 20.0 Å². The number of aromatic nitrogens is 2. The van der Waals surface area contributed by atoms with Crippen LogP contribution < -0.4 is 9.97 Å². The number of nitriles is 1. The maximum Gasteiger partial charge on any atom is 0.552 e. The summed E-state index contributed by atoms with van der Waals surface area (Å²) in [7, 11) is -0.988. The Morgan fingerprint density at radius 1 is 1.58 bits per heavy atom. The lowest BCUT2D eigenvalue weighted by Gasteiger charge is -2.39. The molecule has 2 aromatic rings. The number of hydrogen-bond donors (Lipinski definition) is 3. The van der Waals surface area contributed by atoms with Gasteiger partial charge in [0.05, 0.1) is 12.3 Å². The summed E-state index contributed by atoms with van der Waals surface area (Å²) >= 11 is 0. The predicted octanol–water partition coefficient (Wildman–Crippen LogP) is 1.17. The van der Waals surface area contributed by atoms with Gasteiger partial charge in [0.25, 0.3) is 0 Å². The summed E-state index contributed by atoms with van der Waals surface area (Å²) in [6.45, 7) is 0. The minimum Gasteiger partial charge on any atom is -0.531 e. The molecule has 0 radical (unpaired) electrons. The molecule has 1 saturated carbocycles. The van der Waals surface area contributed by atoms with E-state index < -0.39 is 7.12 Å². The smallest absolute Gasteiger partial charge is 0.531 e. The quantitative estimate of drug-likeness (QED) is 0.735. The monoisotopic (exact) mass is 322 g/mol. The molecule has 2 aromatic heterocycles. The number of amides is 1. The van der Waals surface area contributed by atoms with E-state index >= 15 is 0 Å². The van der Waals surface area contributed by atoms with Crippen LogP contribution in [0, 0.1) is 17.2 Å². The average Bonchev–Trinajstić information content (AvgIpc) is 2.98. The van der Waals surface area contributed by atoms with Crippen molar-refractivity contribution in [2.75, 3.05) is 0 Å². The third-order valence-electron chi connectivity index (χ3n) is 4.59. The Balaban J connectivity index is 1.58. The molecule has 2 aliphatic rings. The van der Waals surface area contributed by atoms with Gasteiger partial charge in [-0.25, -0.2) is 4.98 Å². The van der Waals surface area contributed by atoms with E-state index in [2.05, 4.69) is 15.3 Å². The van der Waals surface area contributed by atoms with Gasteiger partial charge in [-0.05, 0) is 36.4 Å². The van der Waals surface area contributed by atoms with Gasteiger partial charge in [0.1, 0.15) is 17.8 Å². The van der Waals surface area contributed by atoms with Gasteiger partial charge in [-0.2, -0.15) is 5.26 Å². The van der Waals surface area contributed by atoms with E-state index in [9.17, 15) is 9.82 Å². The topological polar surface area (TPSA) is 111 Å². The highest BCUT2D eigenvalue weighted by Gasteiger charge is 2.38. The van der Waals surface area contributed by atoms with Crippen LogP contribution in [-0.2, 0) is 4.79 Å². The summed E-state index contributed by atoms with van der Waals surface area (Å²) in [6.07, 6.45) is 4.89. The van der Waals surface area contributed by atoms with Crippen LogP contribution in [0.25, 0.3) is 16.6 Å². The van der Waals surface area contributed by atoms with E-state index in [1.165, 1.54) is 0 Å². The third kappa shape index (κ3) is 2.43. The molecule has 24 heavy (non-hydrogen) atoms. The minimum absolute atomic E-state index is 0.0729. The number of allylic oxidation sites excluding steroid dienone is 1. The predicted molar refractivity (Wildman–Crippen MR) is 87.6 cm³/mol. The van der Waals surface area contributed by atoms with Crippen molar-refractivity contribution in [3.05, 3.63) is 30.0 Å². The number of pyridine rings is 1. The molecule has 0 atom stereocenters. The Kier molecular flexibility index (Phi) is 3.51. The highest BCUT2D eigenvalue weighted by molar-refractivity contribution is 6.52. The fourth-order valence-corrected chi connectivity index (χ4v) is 3.46. The lowest BCUT2D eigenvalue weighted by atomic mass is 9.68. The molecule has 0 bridgehead atoms. The SMILES string of the molecule is N#CCC(=O)N[C@H]1C[C@@H](C2=CB(O)Oc3cnc4[nH]ccc4c32)C1. The van der Waals surface area contributed by atoms with Crippen LogP contribution in [-0.4, -0.2) is 34.1 Å². The van der Waals surface area contributed by atoms with E-state index in [4.69, 9.17) is 9.92 Å². The van der Waals surface area contributed by atoms with E-state index in [0.717, 1.165) is 35.0 Å². The zero-order valence-corrected chi connectivity index (χ0v) is 12.8. The molecule has 1 aliphatic carbocycles. The summed E-state index contributed by atoms with van der Waals surface area (Å²) < 4.78 is 5.48. The average molecular weight is 322 g/mol. The van der Waals surface area contributed by atoms with Gasteiger partial charge in [0, 0.05) is 23.2 Å². The van der Waals surface area contributed by atoms with Crippen molar-refractivity contribution < 1.29 is 14.5 Å². The van der Waals surface area contributed by atoms with Crippen LogP contribution in [0.15, 0.2) is 24.4 Å². The molecule has 3 N–H and O–H groups in total. The second-order valence-electron chi connectivity index (χ2n) is 6.14. The number of hydrogen-bond acceptors (Lipinski definition) is 5. The van der Waals surface area contributed by atoms with Gasteiger partial charge in [-0.15, -0.1) is 0 Å². The summed E-state index contributed by atoms with van der Waals surface area (Å²) in [6, 6.07) is 3.87. The van der Waals surface area contributed by atoms with Crippen molar-refractivity contribution in [3.63, 3.8) is 0 Å². The van der Waals surface area contributed by atoms with Gasteiger partial charge in [0.2, 0.25) is 5.91 Å². The third-order valence-corrected chi connectivity index (χ3v) is 4.59. The van der Waals surface area contributed by atoms with Crippen LogP contribution in [0.4, 0.5) is 0 Å². The molecule has 1 fully saturated rings. The number of H-pyrrole nitrogens is 1. The lowest BCUT2D eigenvalue weighted by molar-refractivity contribution is -0.121. The molecule has 0 aromatic carbocycles. The molecular formula is C16H15BN4O3. The van der Waals surface area contributed by atoms with Crippen LogP contribution in [0.3, 0.4) is 0 Å². The van der Waals surface area contributed by atoms with Gasteiger partial charge in [-0.3, -0.25) is 4.79 Å². The summed E-state index contributed by atoms with van der Waals surface area (Å²) in [5, 5.41) is 22.3. The molecule has 1 amide bonds. The number of carbonyl (C=O) groups excluding carboxylic acids is 1. The lowest BCUT2D eigenvalue weighted by Crippen LogP contribution is -2.45. The normalized spacial score (nSPS) is 22.0. The molecule has 4 rings (SSSR count). The molecule has 0 unspecified atom stereocenters. The number of carbonyl (C=O) groups is 1. The second kappa shape index (κ2) is 5.69. The van der Waals surface area contributed by atoms with Crippen molar-refractivity contribution in [1.82, 2.24) is 15.3 Å². The summed E-state index contributed by atoms with van der Waals surface area (Å²) in [5.41, 5.74) is 2.76. The molecular weight excluding hydrogens is 307 g/mol. The molecule has 3 heterocycles. The van der Waals surface area contributed by atoms with Gasteiger partial charge in [-0.1, -0.05) is 0 Å². The number of nitrogens with one attached hydrogen (secondary N) is 2. The van der Waals surface area contributed by atoms with E-state index in [1.807, 2.05) is 18.3 Å². The first-order valence-electron chi connectivity index (χ1n) is 7.85. The fraction of sp³-hybridized carbons (Fsp3) is 0.312. The van der Waals surface area contributed by atoms with Crippen LogP contribution in [0.5, 0.6) is 5.75 Å². The minimum atomic E-state index is -0.988. The Hall–Kier alpha value is -2.79. The highest BCUT2D eigenvalue weighted by atomic mass is 16.5. The fourth-order valence-electron chi connectivity index (χ4n) is 3.46. The van der Waals surface area contributed by atoms with E-state index in [1.54, 1.807) is 12.2 Å². The van der Waals surface area contributed by atoms with Crippen molar-refractivity contribution >= 4 is 29.6 Å². The number of fused-ring (bicyclic) bond motifs is 3. The number of aromatic amines is 1. The molecule has 0 saturated heterocycles. The second-order valence-corrected chi connectivity index (χ2v) is 6.14. The standard InChI is InChI=1S/C16H15BN4O3/c18-3-1-14(22)21-10-5-9(6-10)12-7-17(23)24-13-8-20-16-11(15(12)13)2-4-19-16/h2,4,7-10,23H,1,5-6H2,(H,19,20)(H,21,22)/t9-,10+. The zero-order chi connectivity index (χ0) is 16.7. The summed E-state index contributed by atoms with van der Waals surface area (Å²) in [4.78, 5) is 18.9. The Morgan fingerprint density at radius 2 is 2.42 bits per heavy atom. The zero-order valence-electron chi connectivity index (χ0n) is 12.8. The van der Waals surface area contributed by atoms with Crippen LogP contribution in [0.2, 0.25) is 0 Å². The Labute approximate surface area is 138 Å². The van der Waals surface area contributed by atoms with E-state index in [0.29, 0.717) is 5.75 Å². The first kappa shape index (κ1) is 14.8. The molecule has 120 valence electrons. The van der Waals surface area contributed by atoms with Crippen molar-refractivity contribution in [3.8, 4) is 11.8 Å². The van der Waals surface area contributed by atoms with E-state index in [-0.39, 0.29) is 24.3 Å². The number of nitrogens with zero attached hydrogens (tertiary/aromatic N) is 2. The van der Waals surface area contributed by atoms with Gasteiger partial charge >= 0.3 is 7.12 Å². The molecule has 1 aliphatic heterocycles. The molecule has 7 nitrogen and oxygen atoms in total. The van der Waals surface area contributed by atoms with Gasteiger partial charge in [0.15, 0.2) is 0 Å². The van der Waals surface area contributed by atoms with Crippen molar-refractivity contribution in [2.24, 2.45) is 5.92 Å². The first-order chi connectivity index (χ1) is 11.7. The first-order valence-corrected chi connectivity index (χ1v) is 7.85. The molecule has 8 heteroatoms. The number of rotatable bonds is 3. The largest absolute Gasteiger partial charge is 0.552 e. The Bertz CT molecular complexity index is 879. The maximum absolute atomic E-state index is 11.5. The highest BCUT2D eigenvalue weighted by Crippen LogP contribution is 2.45. The Morgan fingerprint density at radius 3 is 3.21 bits per heavy atom. The molecule has 0 spiro atoms. The van der Waals surface area contributed by atoms with Crippen molar-refractivity contribution in [1.29, 1.82) is 5.26 Å². The van der Waals surface area contributed by atoms with Crippen LogP contribution >= 0.6 is 0 Å². The summed E-state index contributed by atoms with van der Waals surface area (Å²) in [5.74, 6) is 2.30. The van der Waals surface area contributed by atoms with Crippen LogP contribution in [0.1, 0.15) is 24.8 Å². The maximum atomic E-state index is 11.5.